The highest BCUT2D eigenvalue weighted by Gasteiger charge is 2.20. The minimum Gasteiger partial charge on any atom is -0.343 e. The van der Waals surface area contributed by atoms with Crippen LogP contribution in [-0.2, 0) is 17.8 Å². The lowest BCUT2D eigenvalue weighted by molar-refractivity contribution is -0.130. The number of carbonyl (C=O) groups excluding carboxylic acids is 1. The molecule has 0 bridgehead atoms. The molecule has 7 nitrogen and oxygen atoms in total. The molecule has 1 amide bonds. The van der Waals surface area contributed by atoms with Crippen LogP contribution in [0.4, 0.5) is 0 Å². The Bertz CT molecular complexity index is 1270. The first-order valence-electron chi connectivity index (χ1n) is 10.4. The standard InChI is InChI=1S/C23H23N5O2/c29-21(26-14-6-7-15-26)13-12-20-24-25-23-27(16-17-8-2-1-3-9-17)22(30)18-10-4-5-11-19(18)28(20)23/h1-5,8-11H,6-7,12-16H2. The van der Waals surface area contributed by atoms with Crippen LogP contribution in [-0.4, -0.2) is 43.1 Å². The van der Waals surface area contributed by atoms with Crippen LogP contribution in [0, 0.1) is 0 Å². The Labute approximate surface area is 173 Å². The summed E-state index contributed by atoms with van der Waals surface area (Å²) in [6.45, 7) is 2.11. The van der Waals surface area contributed by atoms with Gasteiger partial charge in [-0.25, -0.2) is 0 Å². The molecule has 1 aliphatic heterocycles. The van der Waals surface area contributed by atoms with Crippen LogP contribution in [0.25, 0.3) is 16.7 Å². The number of fused-ring (bicyclic) bond motifs is 3. The molecule has 0 saturated carbocycles. The largest absolute Gasteiger partial charge is 0.343 e. The predicted molar refractivity (Wildman–Crippen MR) is 114 cm³/mol. The predicted octanol–water partition coefficient (Wildman–Crippen LogP) is 2.65. The third-order valence-corrected chi connectivity index (χ3v) is 5.78. The van der Waals surface area contributed by atoms with Gasteiger partial charge in [-0.2, -0.15) is 0 Å². The van der Waals surface area contributed by atoms with E-state index in [2.05, 4.69) is 10.2 Å². The Morgan fingerprint density at radius 1 is 0.933 bits per heavy atom. The lowest BCUT2D eigenvalue weighted by atomic mass is 10.2. The number of benzene rings is 2. The van der Waals surface area contributed by atoms with Gasteiger partial charge in [0.15, 0.2) is 0 Å². The molecule has 0 spiro atoms. The topological polar surface area (TPSA) is 72.5 Å². The van der Waals surface area contributed by atoms with Gasteiger partial charge in [-0.1, -0.05) is 42.5 Å². The molecule has 4 aromatic rings. The van der Waals surface area contributed by atoms with Gasteiger partial charge in [0.05, 0.1) is 17.4 Å². The van der Waals surface area contributed by atoms with Crippen LogP contribution >= 0.6 is 0 Å². The lowest BCUT2D eigenvalue weighted by Crippen LogP contribution is -2.28. The van der Waals surface area contributed by atoms with E-state index in [4.69, 9.17) is 0 Å². The second-order valence-corrected chi connectivity index (χ2v) is 7.73. The summed E-state index contributed by atoms with van der Waals surface area (Å²) in [5.74, 6) is 1.37. The molecule has 0 N–H and O–H groups in total. The second kappa shape index (κ2) is 7.74. The van der Waals surface area contributed by atoms with Crippen LogP contribution in [0.5, 0.6) is 0 Å². The van der Waals surface area contributed by atoms with Crippen molar-refractivity contribution in [3.63, 3.8) is 0 Å². The summed E-state index contributed by atoms with van der Waals surface area (Å²) in [5, 5.41) is 9.34. The fourth-order valence-electron chi connectivity index (χ4n) is 4.23. The van der Waals surface area contributed by atoms with Crippen molar-refractivity contribution in [2.45, 2.75) is 32.2 Å². The molecule has 0 atom stereocenters. The molecule has 1 saturated heterocycles. The highest BCUT2D eigenvalue weighted by Crippen LogP contribution is 2.17. The normalized spacial score (nSPS) is 14.1. The Morgan fingerprint density at radius 2 is 1.67 bits per heavy atom. The Hall–Kier alpha value is -3.48. The van der Waals surface area contributed by atoms with Gasteiger partial charge in [0, 0.05) is 25.9 Å². The van der Waals surface area contributed by atoms with E-state index in [1.807, 2.05) is 63.9 Å². The minimum atomic E-state index is -0.0888. The highest BCUT2D eigenvalue weighted by molar-refractivity contribution is 5.80. The number of nitrogens with zero attached hydrogens (tertiary/aromatic N) is 5. The van der Waals surface area contributed by atoms with Crippen molar-refractivity contribution in [2.75, 3.05) is 13.1 Å². The average Bonchev–Trinajstić information content (AvgIpc) is 3.46. The zero-order valence-corrected chi connectivity index (χ0v) is 16.7. The molecule has 0 unspecified atom stereocenters. The van der Waals surface area contributed by atoms with E-state index >= 15 is 0 Å². The van der Waals surface area contributed by atoms with Gasteiger partial charge in [0.2, 0.25) is 11.7 Å². The van der Waals surface area contributed by atoms with Crippen LogP contribution < -0.4 is 5.56 Å². The molecule has 7 heteroatoms. The number of rotatable bonds is 5. The maximum absolute atomic E-state index is 13.2. The molecule has 152 valence electrons. The molecule has 2 aromatic carbocycles. The van der Waals surface area contributed by atoms with Gasteiger partial charge in [-0.3, -0.25) is 18.6 Å². The summed E-state index contributed by atoms with van der Waals surface area (Å²) in [4.78, 5) is 27.7. The Morgan fingerprint density at radius 3 is 2.47 bits per heavy atom. The number of hydrogen-bond donors (Lipinski definition) is 0. The van der Waals surface area contributed by atoms with Gasteiger partial charge >= 0.3 is 0 Å². The van der Waals surface area contributed by atoms with E-state index in [0.29, 0.717) is 36.4 Å². The van der Waals surface area contributed by atoms with Crippen molar-refractivity contribution in [3.05, 3.63) is 76.3 Å². The Kier molecular flexibility index (Phi) is 4.78. The third kappa shape index (κ3) is 3.26. The minimum absolute atomic E-state index is 0.0888. The number of amides is 1. The van der Waals surface area contributed by atoms with E-state index in [1.54, 1.807) is 4.57 Å². The first-order chi connectivity index (χ1) is 14.7. The molecular formula is C23H23N5O2. The molecule has 2 aromatic heterocycles. The molecule has 30 heavy (non-hydrogen) atoms. The average molecular weight is 401 g/mol. The SMILES string of the molecule is O=C(CCc1nnc2n(Cc3ccccc3)c(=O)c3ccccc3n12)N1CCCC1. The lowest BCUT2D eigenvalue weighted by Gasteiger charge is -2.15. The van der Waals surface area contributed by atoms with Gasteiger partial charge in [0.25, 0.3) is 5.56 Å². The summed E-state index contributed by atoms with van der Waals surface area (Å²) >= 11 is 0. The van der Waals surface area contributed by atoms with E-state index in [-0.39, 0.29) is 11.5 Å². The molecule has 3 heterocycles. The molecule has 0 radical (unpaired) electrons. The zero-order valence-electron chi connectivity index (χ0n) is 16.7. The fourth-order valence-corrected chi connectivity index (χ4v) is 4.23. The van der Waals surface area contributed by atoms with Crippen LogP contribution in [0.3, 0.4) is 0 Å². The van der Waals surface area contributed by atoms with Crippen molar-refractivity contribution in [2.24, 2.45) is 0 Å². The van der Waals surface area contributed by atoms with Crippen LogP contribution in [0.15, 0.2) is 59.4 Å². The second-order valence-electron chi connectivity index (χ2n) is 7.73. The van der Waals surface area contributed by atoms with Gasteiger partial charge in [0.1, 0.15) is 5.82 Å². The third-order valence-electron chi connectivity index (χ3n) is 5.78. The number of para-hydroxylation sites is 1. The van der Waals surface area contributed by atoms with Gasteiger partial charge < -0.3 is 4.90 Å². The molecule has 0 aliphatic carbocycles. The van der Waals surface area contributed by atoms with Gasteiger partial charge in [-0.05, 0) is 30.5 Å². The summed E-state index contributed by atoms with van der Waals surface area (Å²) in [5.41, 5.74) is 1.70. The van der Waals surface area contributed by atoms with Crippen molar-refractivity contribution >= 4 is 22.6 Å². The summed E-state index contributed by atoms with van der Waals surface area (Å²) in [6, 6.07) is 17.4. The van der Waals surface area contributed by atoms with Crippen molar-refractivity contribution in [1.82, 2.24) is 24.1 Å². The Balaban J connectivity index is 1.58. The number of likely N-dealkylation sites (tertiary alicyclic amines) is 1. The summed E-state index contributed by atoms with van der Waals surface area (Å²) in [6.07, 6.45) is 3.04. The number of aryl methyl sites for hydroxylation is 1. The maximum atomic E-state index is 13.2. The van der Waals surface area contributed by atoms with Crippen LogP contribution in [0.1, 0.15) is 30.7 Å². The quantitative estimate of drug-likeness (QED) is 0.515. The van der Waals surface area contributed by atoms with E-state index in [0.717, 1.165) is 37.0 Å². The molecule has 1 fully saturated rings. The van der Waals surface area contributed by atoms with Crippen molar-refractivity contribution < 1.29 is 4.79 Å². The van der Waals surface area contributed by atoms with Crippen molar-refractivity contribution in [1.29, 1.82) is 0 Å². The van der Waals surface area contributed by atoms with Crippen LogP contribution in [0.2, 0.25) is 0 Å². The van der Waals surface area contributed by atoms with E-state index in [1.165, 1.54) is 0 Å². The fraction of sp³-hybridized carbons (Fsp3) is 0.304. The first kappa shape index (κ1) is 18.5. The smallest absolute Gasteiger partial charge is 0.263 e. The number of carbonyl (C=O) groups is 1. The monoisotopic (exact) mass is 401 g/mol. The molecule has 5 rings (SSSR count). The van der Waals surface area contributed by atoms with Crippen molar-refractivity contribution in [3.8, 4) is 0 Å². The highest BCUT2D eigenvalue weighted by atomic mass is 16.2. The maximum Gasteiger partial charge on any atom is 0.263 e. The number of hydrogen-bond acceptors (Lipinski definition) is 4. The molecular weight excluding hydrogens is 378 g/mol. The summed E-state index contributed by atoms with van der Waals surface area (Å²) in [7, 11) is 0. The first-order valence-corrected chi connectivity index (χ1v) is 10.4. The summed E-state index contributed by atoms with van der Waals surface area (Å²) < 4.78 is 3.59. The van der Waals surface area contributed by atoms with E-state index < -0.39 is 0 Å². The van der Waals surface area contributed by atoms with Gasteiger partial charge in [-0.15, -0.1) is 10.2 Å². The molecule has 1 aliphatic rings. The zero-order chi connectivity index (χ0) is 20.5. The number of aromatic nitrogens is 4. The van der Waals surface area contributed by atoms with E-state index in [9.17, 15) is 9.59 Å².